The van der Waals surface area contributed by atoms with Crippen molar-refractivity contribution in [1.29, 1.82) is 5.41 Å². The average molecular weight is 484 g/mol. The number of H-pyrrole nitrogens is 1. The van der Waals surface area contributed by atoms with Gasteiger partial charge in [-0.15, -0.1) is 0 Å². The predicted molar refractivity (Wildman–Crippen MR) is 125 cm³/mol. The number of aliphatic hydroxyl groups excluding tert-OH is 1. The molecule has 0 bridgehead atoms. The lowest BCUT2D eigenvalue weighted by Gasteiger charge is -2.33. The van der Waals surface area contributed by atoms with Gasteiger partial charge in [0.2, 0.25) is 14.8 Å². The third-order valence-electron chi connectivity index (χ3n) is 5.65. The molecule has 1 aliphatic carbocycles. The van der Waals surface area contributed by atoms with Gasteiger partial charge in [0.1, 0.15) is 23.2 Å². The fourth-order valence-corrected chi connectivity index (χ4v) is 5.17. The summed E-state index contributed by atoms with van der Waals surface area (Å²) in [6, 6.07) is 10.5. The van der Waals surface area contributed by atoms with Crippen LogP contribution in [0.15, 0.2) is 59.9 Å². The number of nitrogens with zero attached hydrogens (tertiary/aromatic N) is 1. The van der Waals surface area contributed by atoms with Gasteiger partial charge in [-0.1, -0.05) is 23.8 Å². The van der Waals surface area contributed by atoms with Crippen LogP contribution in [0, 0.1) is 5.41 Å². The van der Waals surface area contributed by atoms with Crippen LogP contribution in [0.5, 0.6) is 5.75 Å². The summed E-state index contributed by atoms with van der Waals surface area (Å²) in [5.74, 6) is -2.67. The molecular weight excluding hydrogens is 462 g/mol. The number of hydrogen-bond acceptors (Lipinski definition) is 7. The molecule has 12 heteroatoms. The van der Waals surface area contributed by atoms with E-state index in [0.717, 1.165) is 6.08 Å². The summed E-state index contributed by atoms with van der Waals surface area (Å²) >= 11 is 0. The van der Waals surface area contributed by atoms with E-state index >= 15 is 0 Å². The van der Waals surface area contributed by atoms with E-state index < -0.39 is 32.9 Å². The van der Waals surface area contributed by atoms with Crippen molar-refractivity contribution < 1.29 is 28.5 Å². The topological polar surface area (TPSA) is 216 Å². The zero-order chi connectivity index (χ0) is 24.8. The number of aromatic amines is 1. The van der Waals surface area contributed by atoms with Crippen molar-refractivity contribution in [2.45, 2.75) is 17.6 Å². The smallest absolute Gasteiger partial charge is 0.307 e. The molecule has 1 aliphatic rings. The van der Waals surface area contributed by atoms with Crippen LogP contribution in [0.4, 0.5) is 0 Å². The van der Waals surface area contributed by atoms with Gasteiger partial charge in [0.05, 0.1) is 17.5 Å². The lowest BCUT2D eigenvalue weighted by molar-refractivity contribution is -0.136. The predicted octanol–water partition coefficient (Wildman–Crippen LogP) is 1.81. The highest BCUT2D eigenvalue weighted by Crippen LogP contribution is 2.47. The van der Waals surface area contributed by atoms with Gasteiger partial charge in [0.15, 0.2) is 0 Å². The highest BCUT2D eigenvalue weighted by molar-refractivity contribution is 7.90. The summed E-state index contributed by atoms with van der Waals surface area (Å²) in [6.45, 7) is 0. The summed E-state index contributed by atoms with van der Waals surface area (Å²) in [6.07, 6.45) is 0.414. The highest BCUT2D eigenvalue weighted by atomic mass is 32.2. The molecule has 34 heavy (non-hydrogen) atoms. The van der Waals surface area contributed by atoms with Gasteiger partial charge in [-0.25, -0.2) is 18.5 Å². The van der Waals surface area contributed by atoms with E-state index in [4.69, 9.17) is 16.3 Å². The van der Waals surface area contributed by atoms with Crippen molar-refractivity contribution in [3.63, 3.8) is 0 Å². The number of carboxylic acids is 1. The maximum atomic E-state index is 13.1. The lowest BCUT2D eigenvalue weighted by atomic mass is 9.83. The number of nitrogen functional groups attached to an aromatic ring is 1. The number of phenolic OH excluding ortho intramolecular Hbond substituents is 1. The van der Waals surface area contributed by atoms with Crippen LogP contribution in [0.2, 0.25) is 0 Å². The monoisotopic (exact) mass is 483 g/mol. The molecule has 1 atom stereocenters. The number of imidazole rings is 1. The molecule has 3 aromatic rings. The molecule has 4 rings (SSSR count). The van der Waals surface area contributed by atoms with E-state index in [1.54, 1.807) is 12.1 Å². The van der Waals surface area contributed by atoms with Crippen LogP contribution < -0.4 is 10.9 Å². The molecule has 0 radical (unpaired) electrons. The Balaban J connectivity index is 2.07. The molecule has 1 aromatic heterocycles. The largest absolute Gasteiger partial charge is 0.509 e. The number of aromatic nitrogens is 2. The van der Waals surface area contributed by atoms with E-state index in [1.165, 1.54) is 30.3 Å². The number of para-hydroxylation sites is 1. The van der Waals surface area contributed by atoms with Crippen LogP contribution in [-0.4, -0.2) is 45.5 Å². The quantitative estimate of drug-likeness (QED) is 0.155. The number of sulfonamides is 1. The molecular formula is C22H21N5O6S. The molecule has 9 N–H and O–H groups in total. The number of aromatic hydroxyl groups is 1. The molecule has 0 spiro atoms. The zero-order valence-corrected chi connectivity index (χ0v) is 18.4. The number of rotatable bonds is 6. The second kappa shape index (κ2) is 8.01. The van der Waals surface area contributed by atoms with Crippen molar-refractivity contribution in [3.05, 3.63) is 76.8 Å². The molecule has 1 heterocycles. The number of phenols is 1. The van der Waals surface area contributed by atoms with E-state index in [1.807, 2.05) is 0 Å². The van der Waals surface area contributed by atoms with Crippen molar-refractivity contribution in [3.8, 4) is 5.75 Å². The lowest BCUT2D eigenvalue weighted by Crippen LogP contribution is -2.44. The van der Waals surface area contributed by atoms with Gasteiger partial charge in [-0.05, 0) is 36.8 Å². The van der Waals surface area contributed by atoms with Gasteiger partial charge >= 0.3 is 5.97 Å². The van der Waals surface area contributed by atoms with E-state index in [0.29, 0.717) is 11.1 Å². The van der Waals surface area contributed by atoms with Crippen molar-refractivity contribution in [1.82, 2.24) is 9.97 Å². The van der Waals surface area contributed by atoms with Crippen molar-refractivity contribution in [2.24, 2.45) is 10.9 Å². The third kappa shape index (κ3) is 3.68. The summed E-state index contributed by atoms with van der Waals surface area (Å²) in [5.41, 5.74) is 6.76. The molecule has 1 unspecified atom stereocenters. The van der Waals surface area contributed by atoms with E-state index in [-0.39, 0.29) is 46.1 Å². The molecule has 0 aliphatic heterocycles. The summed E-state index contributed by atoms with van der Waals surface area (Å²) in [4.78, 5) is 18.7. The number of amidine groups is 1. The Morgan fingerprint density at radius 3 is 2.53 bits per heavy atom. The minimum Gasteiger partial charge on any atom is -0.509 e. The fraction of sp³-hybridized carbons (Fsp3) is 0.136. The molecule has 11 nitrogen and oxygen atoms in total. The first-order valence-electron chi connectivity index (χ1n) is 9.94. The van der Waals surface area contributed by atoms with Crippen LogP contribution >= 0.6 is 0 Å². The number of aliphatic hydroxyl groups is 1. The molecule has 0 saturated heterocycles. The van der Waals surface area contributed by atoms with Gasteiger partial charge in [-0.3, -0.25) is 10.2 Å². The Bertz CT molecular complexity index is 1520. The van der Waals surface area contributed by atoms with Crippen LogP contribution in [0.3, 0.4) is 0 Å². The number of carboxylic acid groups (broad SMARTS) is 1. The number of nitrogens with two attached hydrogens (primary N) is 2. The third-order valence-corrected chi connectivity index (χ3v) is 7.05. The Hall–Kier alpha value is -4.16. The standard InChI is InChI=1S/C22H21N5O6S/c23-20(24)12-5-6-15-16(9-12)27-21(26-15)22(34(25,32)33)10-11(8-18(29)30)7-14(19(22)31)13-3-1-2-4-17(13)28/h1-6,9-10,28,31H,7-8H2,(H3,23,24)(H,26,27)(H,29,30)(H2,25,32,33). The van der Waals surface area contributed by atoms with Gasteiger partial charge in [0.25, 0.3) is 0 Å². The second-order valence-corrected chi connectivity index (χ2v) is 9.64. The molecule has 0 fully saturated rings. The van der Waals surface area contributed by atoms with Gasteiger partial charge < -0.3 is 26.0 Å². The maximum Gasteiger partial charge on any atom is 0.307 e. The first kappa shape index (κ1) is 23.0. The number of fused-ring (bicyclic) bond motifs is 1. The number of allylic oxidation sites excluding steroid dienone is 1. The summed E-state index contributed by atoms with van der Waals surface area (Å²) in [5, 5.41) is 44.4. The Kier molecular flexibility index (Phi) is 5.42. The zero-order valence-electron chi connectivity index (χ0n) is 17.6. The summed E-state index contributed by atoms with van der Waals surface area (Å²) in [7, 11) is -4.71. The molecule has 176 valence electrons. The number of primary sulfonamides is 1. The van der Waals surface area contributed by atoms with Crippen LogP contribution in [0.1, 0.15) is 29.8 Å². The van der Waals surface area contributed by atoms with E-state index in [2.05, 4.69) is 9.97 Å². The average Bonchev–Trinajstić information content (AvgIpc) is 3.17. The Morgan fingerprint density at radius 2 is 1.91 bits per heavy atom. The SMILES string of the molecule is N=C(N)c1ccc2[nH]c(C3(S(N)(=O)=O)C=C(CC(=O)O)CC(c4ccccc4O)=C3O)nc2c1. The minimum absolute atomic E-state index is 0.00393. The maximum absolute atomic E-state index is 13.1. The molecule has 0 saturated carbocycles. The second-order valence-electron chi connectivity index (χ2n) is 7.91. The first-order valence-corrected chi connectivity index (χ1v) is 11.5. The van der Waals surface area contributed by atoms with Gasteiger partial charge in [0, 0.05) is 16.7 Å². The normalized spacial score (nSPS) is 18.7. The minimum atomic E-state index is -4.71. The van der Waals surface area contributed by atoms with E-state index in [9.17, 15) is 28.5 Å². The number of aliphatic carboxylic acids is 1. The number of benzene rings is 2. The van der Waals surface area contributed by atoms with Crippen LogP contribution in [0.25, 0.3) is 16.6 Å². The fourth-order valence-electron chi connectivity index (χ4n) is 4.08. The molecule has 0 amide bonds. The summed E-state index contributed by atoms with van der Waals surface area (Å²) < 4.78 is 23.7. The Labute approximate surface area is 193 Å². The Morgan fingerprint density at radius 1 is 1.21 bits per heavy atom. The van der Waals surface area contributed by atoms with Crippen molar-refractivity contribution in [2.75, 3.05) is 0 Å². The molecule has 2 aromatic carbocycles. The highest BCUT2D eigenvalue weighted by Gasteiger charge is 2.52. The van der Waals surface area contributed by atoms with Crippen molar-refractivity contribution >= 4 is 38.4 Å². The first-order chi connectivity index (χ1) is 15.9. The number of carbonyl (C=O) groups is 1. The van der Waals surface area contributed by atoms with Crippen LogP contribution in [-0.2, 0) is 19.6 Å². The number of hydrogen-bond donors (Lipinski definition) is 7. The van der Waals surface area contributed by atoms with Gasteiger partial charge in [-0.2, -0.15) is 0 Å². The number of nitrogens with one attached hydrogen (secondary N) is 2.